The lowest BCUT2D eigenvalue weighted by Crippen LogP contribution is -2.38. The van der Waals surface area contributed by atoms with E-state index in [2.05, 4.69) is 5.32 Å². The first-order valence-corrected chi connectivity index (χ1v) is 8.08. The molecular formula is C17H23FN2O2. The number of nitrogens with one attached hydrogen (secondary N) is 1. The molecular weight excluding hydrogens is 283 g/mol. The molecule has 0 spiro atoms. The maximum atomic E-state index is 13.3. The van der Waals surface area contributed by atoms with E-state index in [-0.39, 0.29) is 24.4 Å². The quantitative estimate of drug-likeness (QED) is 0.875. The van der Waals surface area contributed by atoms with Crippen LogP contribution in [0.2, 0.25) is 0 Å². The molecule has 0 atom stereocenters. The summed E-state index contributed by atoms with van der Waals surface area (Å²) in [4.78, 5) is 14.3. The monoisotopic (exact) mass is 306 g/mol. The lowest BCUT2D eigenvalue weighted by Gasteiger charge is -2.26. The van der Waals surface area contributed by atoms with Gasteiger partial charge in [-0.15, -0.1) is 0 Å². The molecule has 120 valence electrons. The van der Waals surface area contributed by atoms with Crippen molar-refractivity contribution in [2.24, 2.45) is 0 Å². The number of hydrogen-bond acceptors (Lipinski definition) is 3. The van der Waals surface area contributed by atoms with Crippen molar-refractivity contribution in [1.82, 2.24) is 10.2 Å². The number of benzene rings is 1. The first-order valence-electron chi connectivity index (χ1n) is 8.08. The Labute approximate surface area is 130 Å². The zero-order valence-corrected chi connectivity index (χ0v) is 12.8. The molecule has 1 amide bonds. The maximum absolute atomic E-state index is 13.3. The second-order valence-corrected chi connectivity index (χ2v) is 6.14. The fourth-order valence-corrected chi connectivity index (χ4v) is 2.87. The first-order chi connectivity index (χ1) is 10.7. The van der Waals surface area contributed by atoms with Crippen molar-refractivity contribution in [3.63, 3.8) is 0 Å². The molecule has 2 fully saturated rings. The predicted octanol–water partition coefficient (Wildman–Crippen LogP) is 2.09. The molecule has 1 aliphatic heterocycles. The van der Waals surface area contributed by atoms with Gasteiger partial charge in [-0.1, -0.05) is 12.1 Å². The third-order valence-corrected chi connectivity index (χ3v) is 4.28. The van der Waals surface area contributed by atoms with E-state index >= 15 is 0 Å². The standard InChI is InChI=1S/C17H23FN2O2/c18-14-3-1-2-13(10-14)11-20(15-4-5-15)17(21)12-22-16-6-8-19-9-7-16/h1-3,10,15-16,19H,4-9,11-12H2. The van der Waals surface area contributed by atoms with Gasteiger partial charge < -0.3 is 15.0 Å². The fourth-order valence-electron chi connectivity index (χ4n) is 2.87. The van der Waals surface area contributed by atoms with E-state index in [9.17, 15) is 9.18 Å². The summed E-state index contributed by atoms with van der Waals surface area (Å²) in [7, 11) is 0. The van der Waals surface area contributed by atoms with Gasteiger partial charge in [0.25, 0.3) is 0 Å². The number of amides is 1. The van der Waals surface area contributed by atoms with Gasteiger partial charge in [-0.05, 0) is 56.5 Å². The van der Waals surface area contributed by atoms with Crippen LogP contribution >= 0.6 is 0 Å². The van der Waals surface area contributed by atoms with E-state index in [1.54, 1.807) is 6.07 Å². The molecule has 1 saturated heterocycles. The zero-order valence-electron chi connectivity index (χ0n) is 12.8. The van der Waals surface area contributed by atoms with Gasteiger partial charge in [0.2, 0.25) is 5.91 Å². The van der Waals surface area contributed by atoms with E-state index < -0.39 is 0 Å². The van der Waals surface area contributed by atoms with E-state index in [0.717, 1.165) is 44.3 Å². The number of halogens is 1. The highest BCUT2D eigenvalue weighted by Crippen LogP contribution is 2.28. The highest BCUT2D eigenvalue weighted by molar-refractivity contribution is 5.78. The van der Waals surface area contributed by atoms with Gasteiger partial charge in [0, 0.05) is 12.6 Å². The average molecular weight is 306 g/mol. The van der Waals surface area contributed by atoms with Crippen molar-refractivity contribution in [3.05, 3.63) is 35.6 Å². The molecule has 2 aliphatic rings. The van der Waals surface area contributed by atoms with Gasteiger partial charge in [-0.25, -0.2) is 4.39 Å². The van der Waals surface area contributed by atoms with E-state index in [4.69, 9.17) is 4.74 Å². The van der Waals surface area contributed by atoms with Crippen LogP contribution in [0.4, 0.5) is 4.39 Å². The molecule has 4 nitrogen and oxygen atoms in total. The van der Waals surface area contributed by atoms with Crippen LogP contribution in [0.3, 0.4) is 0 Å². The third kappa shape index (κ3) is 4.27. The van der Waals surface area contributed by atoms with Gasteiger partial charge in [-0.2, -0.15) is 0 Å². The molecule has 1 aromatic rings. The van der Waals surface area contributed by atoms with Crippen molar-refractivity contribution >= 4 is 5.91 Å². The molecule has 1 heterocycles. The number of nitrogens with zero attached hydrogens (tertiary/aromatic N) is 1. The van der Waals surface area contributed by atoms with Crippen LogP contribution < -0.4 is 5.32 Å². The minimum Gasteiger partial charge on any atom is -0.368 e. The third-order valence-electron chi connectivity index (χ3n) is 4.28. The Morgan fingerprint density at radius 1 is 1.27 bits per heavy atom. The lowest BCUT2D eigenvalue weighted by atomic mass is 10.1. The van der Waals surface area contributed by atoms with Gasteiger partial charge >= 0.3 is 0 Å². The Hall–Kier alpha value is -1.46. The molecule has 1 N–H and O–H groups in total. The molecule has 5 heteroatoms. The largest absolute Gasteiger partial charge is 0.368 e. The predicted molar refractivity (Wildman–Crippen MR) is 81.8 cm³/mol. The van der Waals surface area contributed by atoms with Crippen LogP contribution in [-0.2, 0) is 16.1 Å². The molecule has 0 radical (unpaired) electrons. The second kappa shape index (κ2) is 7.20. The Morgan fingerprint density at radius 3 is 2.73 bits per heavy atom. The molecule has 1 aliphatic carbocycles. The van der Waals surface area contributed by atoms with Crippen LogP contribution in [-0.4, -0.2) is 42.6 Å². The summed E-state index contributed by atoms with van der Waals surface area (Å²) in [6, 6.07) is 6.77. The molecule has 0 unspecified atom stereocenters. The number of hydrogen-bond donors (Lipinski definition) is 1. The average Bonchev–Trinajstić information content (AvgIpc) is 3.36. The van der Waals surface area contributed by atoms with Gasteiger partial charge in [0.05, 0.1) is 6.10 Å². The van der Waals surface area contributed by atoms with Crippen molar-refractivity contribution in [3.8, 4) is 0 Å². The summed E-state index contributed by atoms with van der Waals surface area (Å²) in [5.74, 6) is -0.239. The fraction of sp³-hybridized carbons (Fsp3) is 0.588. The second-order valence-electron chi connectivity index (χ2n) is 6.14. The molecule has 0 aromatic heterocycles. The van der Waals surface area contributed by atoms with Crippen molar-refractivity contribution < 1.29 is 13.9 Å². The Morgan fingerprint density at radius 2 is 2.05 bits per heavy atom. The number of ether oxygens (including phenoxy) is 1. The molecule has 1 aromatic carbocycles. The van der Waals surface area contributed by atoms with Crippen molar-refractivity contribution in [1.29, 1.82) is 0 Å². The van der Waals surface area contributed by atoms with Crippen LogP contribution in [0.1, 0.15) is 31.2 Å². The van der Waals surface area contributed by atoms with E-state index in [0.29, 0.717) is 12.6 Å². The number of piperidine rings is 1. The van der Waals surface area contributed by atoms with Gasteiger partial charge in [0.1, 0.15) is 12.4 Å². The summed E-state index contributed by atoms with van der Waals surface area (Å²) < 4.78 is 19.1. The topological polar surface area (TPSA) is 41.6 Å². The van der Waals surface area contributed by atoms with Crippen molar-refractivity contribution in [2.45, 2.75) is 44.4 Å². The zero-order chi connectivity index (χ0) is 15.4. The van der Waals surface area contributed by atoms with Gasteiger partial charge in [-0.3, -0.25) is 4.79 Å². The van der Waals surface area contributed by atoms with E-state index in [1.165, 1.54) is 12.1 Å². The molecule has 0 bridgehead atoms. The molecule has 3 rings (SSSR count). The normalized spacial score (nSPS) is 19.1. The summed E-state index contributed by atoms with van der Waals surface area (Å²) in [6.07, 6.45) is 4.17. The minimum absolute atomic E-state index is 0.0188. The maximum Gasteiger partial charge on any atom is 0.249 e. The summed E-state index contributed by atoms with van der Waals surface area (Å²) >= 11 is 0. The van der Waals surface area contributed by atoms with Crippen LogP contribution in [0.25, 0.3) is 0 Å². The lowest BCUT2D eigenvalue weighted by molar-refractivity contribution is -0.140. The highest BCUT2D eigenvalue weighted by atomic mass is 19.1. The van der Waals surface area contributed by atoms with Crippen LogP contribution in [0.15, 0.2) is 24.3 Å². The summed E-state index contributed by atoms with van der Waals surface area (Å²) in [5, 5.41) is 3.28. The molecule has 1 saturated carbocycles. The number of carbonyl (C=O) groups is 1. The number of rotatable bonds is 6. The highest BCUT2D eigenvalue weighted by Gasteiger charge is 2.32. The smallest absolute Gasteiger partial charge is 0.249 e. The van der Waals surface area contributed by atoms with Gasteiger partial charge in [0.15, 0.2) is 0 Å². The minimum atomic E-state index is -0.258. The Balaban J connectivity index is 1.55. The summed E-state index contributed by atoms with van der Waals surface area (Å²) in [5.41, 5.74) is 0.835. The molecule has 22 heavy (non-hydrogen) atoms. The first kappa shape index (κ1) is 15.4. The van der Waals surface area contributed by atoms with E-state index in [1.807, 2.05) is 11.0 Å². The van der Waals surface area contributed by atoms with Crippen LogP contribution in [0.5, 0.6) is 0 Å². The summed E-state index contributed by atoms with van der Waals surface area (Å²) in [6.45, 7) is 2.51. The Kier molecular flexibility index (Phi) is 5.05. The van der Waals surface area contributed by atoms with Crippen molar-refractivity contribution in [2.75, 3.05) is 19.7 Å². The van der Waals surface area contributed by atoms with Crippen LogP contribution in [0, 0.1) is 5.82 Å². The number of carbonyl (C=O) groups excluding carboxylic acids is 1. The Bertz CT molecular complexity index is 513. The SMILES string of the molecule is O=C(COC1CCNCC1)N(Cc1cccc(F)c1)C1CC1.